The predicted molar refractivity (Wildman–Crippen MR) is 81.6 cm³/mol. The molecule has 0 saturated heterocycles. The molecule has 0 radical (unpaired) electrons. The molecule has 0 spiro atoms. The molecule has 106 valence electrons. The maximum absolute atomic E-state index is 13.9. The molecular weight excluding hydrogens is 322 g/mol. The van der Waals surface area contributed by atoms with E-state index < -0.39 is 11.9 Å². The molecule has 0 amide bonds. The Bertz CT molecular complexity index is 619. The lowest BCUT2D eigenvalue weighted by Gasteiger charge is -2.18. The molecule has 6 heteroatoms. The highest BCUT2D eigenvalue weighted by Gasteiger charge is 2.17. The number of hydrogen-bond acceptors (Lipinski definition) is 2. The van der Waals surface area contributed by atoms with Crippen LogP contribution in [-0.2, 0) is 6.42 Å². The van der Waals surface area contributed by atoms with Gasteiger partial charge in [-0.2, -0.15) is 0 Å². The van der Waals surface area contributed by atoms with Crippen LogP contribution in [0.25, 0.3) is 0 Å². The first kappa shape index (κ1) is 15.5. The Balaban J connectivity index is 2.31. The smallest absolute Gasteiger partial charge is 0.129 e. The fourth-order valence-electron chi connectivity index (χ4n) is 1.97. The number of benzene rings is 2. The molecule has 0 aliphatic rings. The minimum absolute atomic E-state index is 0.336. The summed E-state index contributed by atoms with van der Waals surface area (Å²) >= 11 is 17.8. The molecule has 0 aliphatic carbocycles. The van der Waals surface area contributed by atoms with Crippen molar-refractivity contribution in [2.45, 2.75) is 12.5 Å². The molecule has 2 aromatic carbocycles. The third-order valence-electron chi connectivity index (χ3n) is 2.99. The number of rotatable bonds is 4. The van der Waals surface area contributed by atoms with Crippen molar-refractivity contribution in [2.24, 2.45) is 5.84 Å². The largest absolute Gasteiger partial charge is 0.271 e. The standard InChI is InChI=1S/C14H12Cl3FN2/c15-9-4-5-10(12(18)7-9)13(20-19)6-8-2-1-3-11(16)14(8)17/h1-5,7,13,20H,6,19H2. The van der Waals surface area contributed by atoms with Crippen molar-refractivity contribution in [1.29, 1.82) is 0 Å². The van der Waals surface area contributed by atoms with Crippen molar-refractivity contribution in [1.82, 2.24) is 5.43 Å². The maximum Gasteiger partial charge on any atom is 0.129 e. The quantitative estimate of drug-likeness (QED) is 0.637. The van der Waals surface area contributed by atoms with Gasteiger partial charge in [0, 0.05) is 10.6 Å². The highest BCUT2D eigenvalue weighted by Crippen LogP contribution is 2.30. The van der Waals surface area contributed by atoms with Gasteiger partial charge in [0.2, 0.25) is 0 Å². The van der Waals surface area contributed by atoms with Crippen LogP contribution in [0.15, 0.2) is 36.4 Å². The van der Waals surface area contributed by atoms with Crippen LogP contribution in [0, 0.1) is 5.82 Å². The summed E-state index contributed by atoms with van der Waals surface area (Å²) in [7, 11) is 0. The molecule has 2 aromatic rings. The number of halogens is 4. The van der Waals surface area contributed by atoms with Gasteiger partial charge in [0.1, 0.15) is 5.82 Å². The van der Waals surface area contributed by atoms with Gasteiger partial charge in [0.05, 0.1) is 16.1 Å². The number of nitrogens with two attached hydrogens (primary N) is 1. The minimum atomic E-state index is -0.428. The van der Waals surface area contributed by atoms with Crippen LogP contribution in [0.5, 0.6) is 0 Å². The number of hydrazine groups is 1. The third kappa shape index (κ3) is 3.43. The lowest BCUT2D eigenvalue weighted by atomic mass is 9.99. The molecule has 0 heterocycles. The summed E-state index contributed by atoms with van der Waals surface area (Å²) in [4.78, 5) is 0. The van der Waals surface area contributed by atoms with Crippen molar-refractivity contribution in [2.75, 3.05) is 0 Å². The normalized spacial score (nSPS) is 12.4. The zero-order valence-electron chi connectivity index (χ0n) is 10.3. The molecule has 1 unspecified atom stereocenters. The van der Waals surface area contributed by atoms with Gasteiger partial charge in [-0.1, -0.05) is 53.0 Å². The Morgan fingerprint density at radius 3 is 2.55 bits per heavy atom. The second-order valence-electron chi connectivity index (χ2n) is 4.30. The van der Waals surface area contributed by atoms with Gasteiger partial charge in [-0.25, -0.2) is 4.39 Å². The van der Waals surface area contributed by atoms with E-state index in [1.54, 1.807) is 24.3 Å². The van der Waals surface area contributed by atoms with Gasteiger partial charge in [-0.3, -0.25) is 11.3 Å². The summed E-state index contributed by atoms with van der Waals surface area (Å²) in [5.74, 6) is 5.10. The van der Waals surface area contributed by atoms with Crippen molar-refractivity contribution >= 4 is 34.8 Å². The highest BCUT2D eigenvalue weighted by molar-refractivity contribution is 6.42. The fraction of sp³-hybridized carbons (Fsp3) is 0.143. The lowest BCUT2D eigenvalue weighted by molar-refractivity contribution is 0.510. The van der Waals surface area contributed by atoms with E-state index in [9.17, 15) is 4.39 Å². The first-order chi connectivity index (χ1) is 9.52. The second kappa shape index (κ2) is 6.74. The van der Waals surface area contributed by atoms with Crippen LogP contribution >= 0.6 is 34.8 Å². The van der Waals surface area contributed by atoms with Gasteiger partial charge in [-0.15, -0.1) is 0 Å². The minimum Gasteiger partial charge on any atom is -0.271 e. The third-order valence-corrected chi connectivity index (χ3v) is 4.09. The van der Waals surface area contributed by atoms with Crippen LogP contribution in [0.1, 0.15) is 17.2 Å². The molecule has 0 aliphatic heterocycles. The van der Waals surface area contributed by atoms with Crippen molar-refractivity contribution in [3.05, 3.63) is 68.4 Å². The Kier molecular flexibility index (Phi) is 5.24. The van der Waals surface area contributed by atoms with Gasteiger partial charge >= 0.3 is 0 Å². The van der Waals surface area contributed by atoms with Crippen LogP contribution in [-0.4, -0.2) is 0 Å². The highest BCUT2D eigenvalue weighted by atomic mass is 35.5. The summed E-state index contributed by atoms with van der Waals surface area (Å²) in [5, 5.41) is 1.24. The molecule has 3 N–H and O–H groups in total. The van der Waals surface area contributed by atoms with Gasteiger partial charge < -0.3 is 0 Å². The average molecular weight is 334 g/mol. The zero-order valence-corrected chi connectivity index (χ0v) is 12.6. The van der Waals surface area contributed by atoms with Crippen LogP contribution in [0.2, 0.25) is 15.1 Å². The number of hydrogen-bond donors (Lipinski definition) is 2. The second-order valence-corrected chi connectivity index (χ2v) is 5.52. The summed E-state index contributed by atoms with van der Waals surface area (Å²) < 4.78 is 13.9. The van der Waals surface area contributed by atoms with Crippen molar-refractivity contribution in [3.8, 4) is 0 Å². The SMILES string of the molecule is NNC(Cc1cccc(Cl)c1Cl)c1ccc(Cl)cc1F. The molecule has 0 saturated carbocycles. The Labute approximate surface area is 131 Å². The van der Waals surface area contributed by atoms with E-state index in [0.717, 1.165) is 5.56 Å². The Hall–Kier alpha value is -0.840. The molecule has 2 nitrogen and oxygen atoms in total. The van der Waals surface area contributed by atoms with E-state index in [4.69, 9.17) is 40.6 Å². The molecule has 0 bridgehead atoms. The predicted octanol–water partition coefficient (Wildman–Crippen LogP) is 4.53. The summed E-state index contributed by atoms with van der Waals surface area (Å²) in [6, 6.07) is 9.34. The van der Waals surface area contributed by atoms with Crippen molar-refractivity contribution in [3.63, 3.8) is 0 Å². The van der Waals surface area contributed by atoms with E-state index in [2.05, 4.69) is 5.43 Å². The first-order valence-electron chi connectivity index (χ1n) is 5.87. The van der Waals surface area contributed by atoms with E-state index >= 15 is 0 Å². The first-order valence-corrected chi connectivity index (χ1v) is 7.00. The molecule has 0 aromatic heterocycles. The summed E-state index contributed by atoms with van der Waals surface area (Å²) in [6.07, 6.45) is 0.411. The van der Waals surface area contributed by atoms with Crippen LogP contribution < -0.4 is 11.3 Å². The van der Waals surface area contributed by atoms with Crippen LogP contribution in [0.4, 0.5) is 4.39 Å². The van der Waals surface area contributed by atoms with Gasteiger partial charge in [-0.05, 0) is 30.2 Å². The maximum atomic E-state index is 13.9. The van der Waals surface area contributed by atoms with Gasteiger partial charge in [0.25, 0.3) is 0 Å². The fourth-order valence-corrected chi connectivity index (χ4v) is 2.52. The van der Waals surface area contributed by atoms with Crippen LogP contribution in [0.3, 0.4) is 0 Å². The number of nitrogens with one attached hydrogen (secondary N) is 1. The molecule has 1 atom stereocenters. The summed E-state index contributed by atoms with van der Waals surface area (Å²) in [5.41, 5.74) is 3.80. The monoisotopic (exact) mass is 332 g/mol. The van der Waals surface area contributed by atoms with Gasteiger partial charge in [0.15, 0.2) is 0 Å². The molecular formula is C14H12Cl3FN2. The Morgan fingerprint density at radius 1 is 1.15 bits per heavy atom. The molecule has 20 heavy (non-hydrogen) atoms. The topological polar surface area (TPSA) is 38.0 Å². The lowest BCUT2D eigenvalue weighted by Crippen LogP contribution is -2.30. The van der Waals surface area contributed by atoms with E-state index in [0.29, 0.717) is 27.1 Å². The Morgan fingerprint density at radius 2 is 1.90 bits per heavy atom. The molecule has 2 rings (SSSR count). The summed E-state index contributed by atoms with van der Waals surface area (Å²) in [6.45, 7) is 0. The average Bonchev–Trinajstić information content (AvgIpc) is 2.41. The van der Waals surface area contributed by atoms with Crippen molar-refractivity contribution < 1.29 is 4.39 Å². The zero-order chi connectivity index (χ0) is 14.7. The van der Waals surface area contributed by atoms with E-state index in [1.807, 2.05) is 6.07 Å². The molecule has 0 fully saturated rings. The van der Waals surface area contributed by atoms with E-state index in [1.165, 1.54) is 6.07 Å². The van der Waals surface area contributed by atoms with E-state index in [-0.39, 0.29) is 0 Å².